The van der Waals surface area contributed by atoms with Gasteiger partial charge in [0, 0.05) is 0 Å². The van der Waals surface area contributed by atoms with E-state index in [9.17, 15) is 0 Å². The van der Waals surface area contributed by atoms with Crippen molar-refractivity contribution < 1.29 is 0 Å². The topological polar surface area (TPSA) is 0 Å². The first-order chi connectivity index (χ1) is 6.88. The Morgan fingerprint density at radius 3 is 1.36 bits per heavy atom. The molecule has 14 heavy (non-hydrogen) atoms. The van der Waals surface area contributed by atoms with E-state index >= 15 is 0 Å². The predicted octanol–water partition coefficient (Wildman–Crippen LogP) is 0.961. The second-order valence-electron chi connectivity index (χ2n) is 3.23. The number of hydrogen-bond acceptors (Lipinski definition) is 0. The van der Waals surface area contributed by atoms with Gasteiger partial charge in [-0.2, -0.15) is 0 Å². The molecule has 2 heteroatoms. The molecular formula is C12H10AsNa. The molecule has 0 bridgehead atoms. The summed E-state index contributed by atoms with van der Waals surface area (Å²) < 4.78 is 3.16. The van der Waals surface area contributed by atoms with Crippen LogP contribution in [-0.4, -0.2) is 35.2 Å². The average Bonchev–Trinajstić information content (AvgIpc) is 2.30. The fraction of sp³-hybridized carbons (Fsp3) is 0. The number of rotatable bonds is 2. The van der Waals surface area contributed by atoms with Crippen LogP contribution in [0.4, 0.5) is 0 Å². The van der Waals surface area contributed by atoms with Gasteiger partial charge in [0.05, 0.1) is 0 Å². The molecule has 0 radical (unpaired) electrons. The zero-order valence-electron chi connectivity index (χ0n) is 8.22. The van der Waals surface area contributed by atoms with Crippen LogP contribution in [0.25, 0.3) is 0 Å². The minimum atomic E-state index is -0.850. The zero-order chi connectivity index (χ0) is 9.80. The average molecular weight is 252 g/mol. The molecule has 0 aromatic heterocycles. The Bertz CT molecular complexity index is 346. The van der Waals surface area contributed by atoms with Gasteiger partial charge >= 0.3 is 105 Å². The summed E-state index contributed by atoms with van der Waals surface area (Å²) in [5.74, 6) is 0. The molecule has 0 saturated carbocycles. The van der Waals surface area contributed by atoms with E-state index < -0.39 is 10.1 Å². The second-order valence-corrected chi connectivity index (χ2v) is 12.4. The predicted molar refractivity (Wildman–Crippen MR) is 63.7 cm³/mol. The van der Waals surface area contributed by atoms with Crippen LogP contribution in [0.2, 0.25) is 0 Å². The molecule has 0 unspecified atom stereocenters. The summed E-state index contributed by atoms with van der Waals surface area (Å²) in [6.07, 6.45) is 0. The fourth-order valence-electron chi connectivity index (χ4n) is 1.45. The Balaban J connectivity index is 2.30. The van der Waals surface area contributed by atoms with Crippen molar-refractivity contribution in [1.82, 2.24) is 0 Å². The standard InChI is InChI=1S/C12H10As.Na/c1-3-7-11(8-4-1)13-12-9-5-2-6-10-12;/h1-10H;/q-1;+1. The molecule has 0 spiro atoms. The van der Waals surface area contributed by atoms with Gasteiger partial charge in [-0.25, -0.2) is 0 Å². The first kappa shape index (κ1) is 10.5. The van der Waals surface area contributed by atoms with Gasteiger partial charge in [-0.05, 0) is 0 Å². The van der Waals surface area contributed by atoms with Gasteiger partial charge in [-0.3, -0.25) is 0 Å². The molecule has 0 amide bonds. The van der Waals surface area contributed by atoms with E-state index in [2.05, 4.69) is 60.7 Å². The van der Waals surface area contributed by atoms with Crippen LogP contribution in [-0.2, 0) is 0 Å². The fourth-order valence-corrected chi connectivity index (χ4v) is 7.78. The third-order valence-electron chi connectivity index (χ3n) is 2.29. The van der Waals surface area contributed by atoms with Crippen molar-refractivity contribution in [2.45, 2.75) is 0 Å². The Kier molecular flexibility index (Phi) is 3.89. The van der Waals surface area contributed by atoms with Gasteiger partial charge in [0.15, 0.2) is 0 Å². The maximum absolute atomic E-state index is 2.28. The van der Waals surface area contributed by atoms with E-state index in [4.69, 9.17) is 0 Å². The molecule has 2 rings (SSSR count). The first-order valence-corrected chi connectivity index (χ1v) is 13.1. The number of benzene rings is 2. The SMILES string of the molecule is [Na][As](c1ccccc1)c1ccccc1. The van der Waals surface area contributed by atoms with E-state index in [1.807, 2.05) is 0 Å². The van der Waals surface area contributed by atoms with Crippen LogP contribution < -0.4 is 8.70 Å². The van der Waals surface area contributed by atoms with Crippen LogP contribution in [0, 0.1) is 0 Å². The second kappa shape index (κ2) is 5.18. The summed E-state index contributed by atoms with van der Waals surface area (Å²) in [6, 6.07) is 21.9. The molecular weight excluding hydrogens is 242 g/mol. The van der Waals surface area contributed by atoms with Crippen molar-refractivity contribution in [3.8, 4) is 0 Å². The van der Waals surface area contributed by atoms with Gasteiger partial charge in [0.1, 0.15) is 0 Å². The van der Waals surface area contributed by atoms with E-state index in [0.29, 0.717) is 0 Å². The van der Waals surface area contributed by atoms with Crippen molar-refractivity contribution >= 4 is 43.9 Å². The van der Waals surface area contributed by atoms with Gasteiger partial charge < -0.3 is 0 Å². The van der Waals surface area contributed by atoms with Gasteiger partial charge in [-0.15, -0.1) is 0 Å². The molecule has 0 nitrogen and oxygen atoms in total. The van der Waals surface area contributed by atoms with E-state index in [1.54, 1.807) is 8.70 Å². The molecule has 0 aliphatic carbocycles. The van der Waals surface area contributed by atoms with Crippen molar-refractivity contribution in [2.75, 3.05) is 0 Å². The summed E-state index contributed by atoms with van der Waals surface area (Å²) in [4.78, 5) is 0. The van der Waals surface area contributed by atoms with Crippen LogP contribution in [0.5, 0.6) is 0 Å². The van der Waals surface area contributed by atoms with Crippen LogP contribution in [0.1, 0.15) is 0 Å². The molecule has 2 aromatic rings. The molecule has 0 saturated heterocycles. The van der Waals surface area contributed by atoms with Gasteiger partial charge in [0.2, 0.25) is 0 Å². The minimum absolute atomic E-state index is 0.850. The molecule has 0 aliphatic rings. The molecule has 0 aliphatic heterocycles. The molecule has 0 N–H and O–H groups in total. The quantitative estimate of drug-likeness (QED) is 0.698. The summed E-state index contributed by atoms with van der Waals surface area (Å²) >= 11 is 1.31. The molecule has 0 fully saturated rings. The van der Waals surface area contributed by atoms with Crippen molar-refractivity contribution in [2.24, 2.45) is 0 Å². The van der Waals surface area contributed by atoms with E-state index in [1.165, 1.54) is 25.1 Å². The Labute approximate surface area is 104 Å². The van der Waals surface area contributed by atoms with E-state index in [0.717, 1.165) is 0 Å². The third kappa shape index (κ3) is 2.52. The number of hydrogen-bond donors (Lipinski definition) is 0. The normalized spacial score (nSPS) is 10.5. The van der Waals surface area contributed by atoms with Crippen LogP contribution >= 0.6 is 0 Å². The van der Waals surface area contributed by atoms with Crippen LogP contribution in [0.3, 0.4) is 0 Å². The first-order valence-electron chi connectivity index (χ1n) is 4.72. The summed E-state index contributed by atoms with van der Waals surface area (Å²) in [6.45, 7) is 0. The summed E-state index contributed by atoms with van der Waals surface area (Å²) in [5, 5.41) is 0. The Morgan fingerprint density at radius 1 is 0.643 bits per heavy atom. The van der Waals surface area contributed by atoms with Gasteiger partial charge in [0.25, 0.3) is 0 Å². The van der Waals surface area contributed by atoms with E-state index in [-0.39, 0.29) is 0 Å². The van der Waals surface area contributed by atoms with Crippen LogP contribution in [0.15, 0.2) is 60.7 Å². The van der Waals surface area contributed by atoms with Crippen molar-refractivity contribution in [3.63, 3.8) is 0 Å². The Hall–Kier alpha value is -0.00156. The summed E-state index contributed by atoms with van der Waals surface area (Å²) in [5.41, 5.74) is 0. The van der Waals surface area contributed by atoms with Crippen molar-refractivity contribution in [1.29, 1.82) is 0 Å². The molecule has 64 valence electrons. The van der Waals surface area contributed by atoms with Gasteiger partial charge in [-0.1, -0.05) is 0 Å². The monoisotopic (exact) mass is 252 g/mol. The molecule has 0 atom stereocenters. The molecule has 0 heterocycles. The van der Waals surface area contributed by atoms with Crippen molar-refractivity contribution in [3.05, 3.63) is 60.7 Å². The molecule has 2 aromatic carbocycles. The summed E-state index contributed by atoms with van der Waals surface area (Å²) in [7, 11) is -0.850. The zero-order valence-corrected chi connectivity index (χ0v) is 12.1. The maximum atomic E-state index is 2.28. The Morgan fingerprint density at radius 2 is 1.00 bits per heavy atom. The third-order valence-corrected chi connectivity index (χ3v) is 12.2.